The smallest absolute Gasteiger partial charge is 0.387 e. The van der Waals surface area contributed by atoms with Crippen LogP contribution in [0.1, 0.15) is 12.0 Å². The number of guanidine groups is 1. The molecular weight excluding hydrogens is 367 g/mol. The van der Waals surface area contributed by atoms with E-state index in [-0.39, 0.29) is 29.7 Å². The molecule has 1 aliphatic heterocycles. The van der Waals surface area contributed by atoms with Crippen molar-refractivity contribution >= 4 is 29.9 Å². The van der Waals surface area contributed by atoms with Crippen molar-refractivity contribution in [3.8, 4) is 5.75 Å². The first-order valence-corrected chi connectivity index (χ1v) is 5.80. The molecule has 0 saturated heterocycles. The summed E-state index contributed by atoms with van der Waals surface area (Å²) >= 11 is 0. The minimum atomic E-state index is -2.81. The van der Waals surface area contributed by atoms with Crippen LogP contribution in [0.15, 0.2) is 29.3 Å². The highest BCUT2D eigenvalue weighted by molar-refractivity contribution is 14.0. The maximum absolute atomic E-state index is 12.2. The van der Waals surface area contributed by atoms with Crippen LogP contribution < -0.4 is 15.4 Å². The van der Waals surface area contributed by atoms with E-state index in [2.05, 4.69) is 20.4 Å². The maximum Gasteiger partial charge on any atom is 0.387 e. The standard InChI is InChI=1S/C12H15F2N3O.HI/c13-11(14)18-10-5-2-1-4-9(10)8-17-12-15-6-3-7-16-12;/h1-2,4-5,11H,3,6-8H2,(H2,15,16,17);1H. The molecule has 4 nitrogen and oxygen atoms in total. The summed E-state index contributed by atoms with van der Waals surface area (Å²) in [6.07, 6.45) is 1.01. The SMILES string of the molecule is FC(F)Oc1ccccc1CNC1=NCCCN1.I. The summed E-state index contributed by atoms with van der Waals surface area (Å²) in [6, 6.07) is 6.72. The lowest BCUT2D eigenvalue weighted by Gasteiger charge is -2.17. The Morgan fingerprint density at radius 1 is 1.37 bits per heavy atom. The van der Waals surface area contributed by atoms with Crippen LogP contribution in [0, 0.1) is 0 Å². The molecule has 0 unspecified atom stereocenters. The predicted octanol–water partition coefficient (Wildman–Crippen LogP) is 2.34. The summed E-state index contributed by atoms with van der Waals surface area (Å²) in [5.74, 6) is 0.893. The van der Waals surface area contributed by atoms with Gasteiger partial charge in [0, 0.05) is 25.2 Å². The number of nitrogens with zero attached hydrogens (tertiary/aromatic N) is 1. The molecule has 0 aliphatic carbocycles. The Balaban J connectivity index is 0.00000180. The molecule has 0 spiro atoms. The number of para-hydroxylation sites is 1. The number of benzene rings is 1. The van der Waals surface area contributed by atoms with Crippen LogP contribution in [-0.4, -0.2) is 25.7 Å². The Labute approximate surface area is 127 Å². The van der Waals surface area contributed by atoms with E-state index < -0.39 is 6.61 Å². The van der Waals surface area contributed by atoms with Crippen LogP contribution in [0.4, 0.5) is 8.78 Å². The highest BCUT2D eigenvalue weighted by atomic mass is 127. The molecule has 1 aromatic carbocycles. The zero-order valence-corrected chi connectivity index (χ0v) is 12.6. The topological polar surface area (TPSA) is 45.6 Å². The lowest BCUT2D eigenvalue weighted by molar-refractivity contribution is -0.0504. The van der Waals surface area contributed by atoms with Gasteiger partial charge in [0.1, 0.15) is 5.75 Å². The lowest BCUT2D eigenvalue weighted by atomic mass is 10.2. The van der Waals surface area contributed by atoms with Crippen molar-refractivity contribution in [2.45, 2.75) is 19.6 Å². The summed E-state index contributed by atoms with van der Waals surface area (Å²) in [5.41, 5.74) is 0.674. The number of alkyl halides is 2. The molecule has 1 aromatic rings. The van der Waals surface area contributed by atoms with E-state index in [9.17, 15) is 8.78 Å². The second-order valence-corrected chi connectivity index (χ2v) is 3.85. The van der Waals surface area contributed by atoms with Crippen LogP contribution in [0.2, 0.25) is 0 Å². The number of rotatable bonds is 4. The quantitative estimate of drug-likeness (QED) is 0.785. The van der Waals surface area contributed by atoms with Gasteiger partial charge in [-0.1, -0.05) is 18.2 Å². The van der Waals surface area contributed by atoms with E-state index >= 15 is 0 Å². The molecule has 0 bridgehead atoms. The first kappa shape index (κ1) is 15.9. The van der Waals surface area contributed by atoms with Crippen molar-refractivity contribution in [3.05, 3.63) is 29.8 Å². The molecule has 2 rings (SSSR count). The van der Waals surface area contributed by atoms with Gasteiger partial charge in [0.05, 0.1) is 0 Å². The second kappa shape index (κ2) is 8.13. The van der Waals surface area contributed by atoms with E-state index in [4.69, 9.17) is 0 Å². The summed E-state index contributed by atoms with van der Waals surface area (Å²) in [6.45, 7) is -0.753. The fourth-order valence-electron chi connectivity index (χ4n) is 1.69. The first-order chi connectivity index (χ1) is 8.75. The Hall–Kier alpha value is -1.12. The monoisotopic (exact) mass is 383 g/mol. The van der Waals surface area contributed by atoms with E-state index in [1.165, 1.54) is 6.07 Å². The zero-order valence-electron chi connectivity index (χ0n) is 10.2. The molecule has 106 valence electrons. The third-order valence-electron chi connectivity index (χ3n) is 2.53. The Bertz CT molecular complexity index is 429. The van der Waals surface area contributed by atoms with Gasteiger partial charge in [-0.2, -0.15) is 8.78 Å². The van der Waals surface area contributed by atoms with Gasteiger partial charge in [-0.3, -0.25) is 4.99 Å². The van der Waals surface area contributed by atoms with Gasteiger partial charge < -0.3 is 15.4 Å². The van der Waals surface area contributed by atoms with Crippen molar-refractivity contribution in [1.82, 2.24) is 10.6 Å². The summed E-state index contributed by atoms with van der Waals surface area (Å²) in [5, 5.41) is 6.17. The zero-order chi connectivity index (χ0) is 12.8. The molecular formula is C12H16F2IN3O. The molecule has 1 heterocycles. The van der Waals surface area contributed by atoms with Crippen molar-refractivity contribution in [3.63, 3.8) is 0 Å². The van der Waals surface area contributed by atoms with Gasteiger partial charge in [-0.05, 0) is 12.5 Å². The van der Waals surface area contributed by atoms with Crippen molar-refractivity contribution < 1.29 is 13.5 Å². The average molecular weight is 383 g/mol. The summed E-state index contributed by atoms with van der Waals surface area (Å²) < 4.78 is 28.9. The molecule has 0 saturated carbocycles. The Kier molecular flexibility index (Phi) is 6.82. The molecule has 0 amide bonds. The largest absolute Gasteiger partial charge is 0.434 e. The number of hydrogen-bond acceptors (Lipinski definition) is 4. The van der Waals surface area contributed by atoms with Crippen LogP contribution in [0.5, 0.6) is 5.75 Å². The third-order valence-corrected chi connectivity index (χ3v) is 2.53. The fraction of sp³-hybridized carbons (Fsp3) is 0.417. The molecule has 0 aromatic heterocycles. The van der Waals surface area contributed by atoms with Crippen molar-refractivity contribution in [2.75, 3.05) is 13.1 Å². The van der Waals surface area contributed by atoms with Crippen LogP contribution in [-0.2, 0) is 6.54 Å². The normalized spacial score (nSPS) is 14.2. The minimum Gasteiger partial charge on any atom is -0.434 e. The van der Waals surface area contributed by atoms with Gasteiger partial charge in [0.2, 0.25) is 0 Å². The summed E-state index contributed by atoms with van der Waals surface area (Å²) in [7, 11) is 0. The molecule has 7 heteroatoms. The van der Waals surface area contributed by atoms with Gasteiger partial charge in [0.15, 0.2) is 5.96 Å². The molecule has 2 N–H and O–H groups in total. The lowest BCUT2D eigenvalue weighted by Crippen LogP contribution is -2.40. The molecule has 0 fully saturated rings. The number of nitrogens with one attached hydrogen (secondary N) is 2. The third kappa shape index (κ3) is 5.17. The van der Waals surface area contributed by atoms with Gasteiger partial charge in [-0.15, -0.1) is 24.0 Å². The van der Waals surface area contributed by atoms with Crippen LogP contribution >= 0.6 is 24.0 Å². The highest BCUT2D eigenvalue weighted by Crippen LogP contribution is 2.19. The predicted molar refractivity (Wildman–Crippen MR) is 80.3 cm³/mol. The van der Waals surface area contributed by atoms with Crippen molar-refractivity contribution in [2.24, 2.45) is 4.99 Å². The van der Waals surface area contributed by atoms with E-state index in [1.54, 1.807) is 18.2 Å². The number of aliphatic imine (C=N–C) groups is 1. The van der Waals surface area contributed by atoms with Crippen LogP contribution in [0.25, 0.3) is 0 Å². The number of ether oxygens (including phenoxy) is 1. The number of hydrogen-bond donors (Lipinski definition) is 2. The van der Waals surface area contributed by atoms with E-state index in [1.807, 2.05) is 0 Å². The van der Waals surface area contributed by atoms with Gasteiger partial charge in [-0.25, -0.2) is 0 Å². The van der Waals surface area contributed by atoms with E-state index in [0.717, 1.165) is 19.5 Å². The number of halogens is 3. The maximum atomic E-state index is 12.2. The van der Waals surface area contributed by atoms with Gasteiger partial charge >= 0.3 is 6.61 Å². The fourth-order valence-corrected chi connectivity index (χ4v) is 1.69. The Morgan fingerprint density at radius 3 is 2.84 bits per heavy atom. The Morgan fingerprint density at radius 2 is 2.16 bits per heavy atom. The van der Waals surface area contributed by atoms with Crippen molar-refractivity contribution in [1.29, 1.82) is 0 Å². The van der Waals surface area contributed by atoms with Gasteiger partial charge in [0.25, 0.3) is 0 Å². The molecule has 0 radical (unpaired) electrons. The summed E-state index contributed by atoms with van der Waals surface area (Å²) in [4.78, 5) is 4.24. The minimum absolute atomic E-state index is 0. The molecule has 1 aliphatic rings. The van der Waals surface area contributed by atoms with E-state index in [0.29, 0.717) is 18.1 Å². The first-order valence-electron chi connectivity index (χ1n) is 5.80. The second-order valence-electron chi connectivity index (χ2n) is 3.85. The van der Waals surface area contributed by atoms with Crippen LogP contribution in [0.3, 0.4) is 0 Å². The highest BCUT2D eigenvalue weighted by Gasteiger charge is 2.10. The average Bonchev–Trinajstić information content (AvgIpc) is 2.38. The molecule has 19 heavy (non-hydrogen) atoms. The molecule has 0 atom stereocenters.